The van der Waals surface area contributed by atoms with Crippen LogP contribution in [0.15, 0.2) is 42.5 Å². The van der Waals surface area contributed by atoms with Gasteiger partial charge in [-0.15, -0.1) is 0 Å². The van der Waals surface area contributed by atoms with Gasteiger partial charge < -0.3 is 14.7 Å². The van der Waals surface area contributed by atoms with Crippen LogP contribution in [0.3, 0.4) is 0 Å². The summed E-state index contributed by atoms with van der Waals surface area (Å²) in [5, 5.41) is 10.9. The smallest absolute Gasteiger partial charge is 0.168 e. The molecule has 5 heteroatoms. The van der Waals surface area contributed by atoms with Gasteiger partial charge in [0.1, 0.15) is 11.6 Å². The monoisotopic (exact) mass is 375 g/mol. The number of benzene rings is 2. The maximum Gasteiger partial charge on any atom is 0.168 e. The second-order valence-electron chi connectivity index (χ2n) is 7.75. The van der Waals surface area contributed by atoms with E-state index in [0.29, 0.717) is 12.2 Å². The Morgan fingerprint density at radius 2 is 1.78 bits per heavy atom. The van der Waals surface area contributed by atoms with Crippen LogP contribution in [-0.4, -0.2) is 29.6 Å². The molecule has 1 fully saturated rings. The van der Waals surface area contributed by atoms with Gasteiger partial charge in [0, 0.05) is 12.6 Å². The Hall–Kier alpha value is -1.98. The second kappa shape index (κ2) is 8.36. The number of rotatable bonds is 6. The quantitative estimate of drug-likeness (QED) is 0.764. The van der Waals surface area contributed by atoms with Crippen LogP contribution in [-0.2, 0) is 5.60 Å². The molecule has 0 radical (unpaired) electrons. The third-order valence-electron chi connectivity index (χ3n) is 5.39. The van der Waals surface area contributed by atoms with Gasteiger partial charge in [0.25, 0.3) is 0 Å². The van der Waals surface area contributed by atoms with Crippen LogP contribution in [0.4, 0.5) is 8.78 Å². The number of hydrogen-bond acceptors (Lipinski definition) is 3. The molecule has 1 saturated heterocycles. The van der Waals surface area contributed by atoms with E-state index in [1.54, 1.807) is 24.3 Å². The van der Waals surface area contributed by atoms with E-state index in [9.17, 15) is 13.9 Å². The van der Waals surface area contributed by atoms with Gasteiger partial charge in [0.2, 0.25) is 0 Å². The molecule has 1 atom stereocenters. The predicted octanol–water partition coefficient (Wildman–Crippen LogP) is 5.09. The van der Waals surface area contributed by atoms with Gasteiger partial charge in [0.05, 0.1) is 5.60 Å². The van der Waals surface area contributed by atoms with Gasteiger partial charge in [-0.2, -0.15) is 0 Å². The minimum absolute atomic E-state index is 0.0322. The van der Waals surface area contributed by atoms with E-state index in [1.165, 1.54) is 18.9 Å². The Morgan fingerprint density at radius 3 is 2.41 bits per heavy atom. The van der Waals surface area contributed by atoms with E-state index in [2.05, 4.69) is 11.8 Å². The van der Waals surface area contributed by atoms with Crippen LogP contribution >= 0.6 is 0 Å². The highest BCUT2D eigenvalue weighted by molar-refractivity contribution is 5.35. The molecule has 1 aliphatic rings. The fraction of sp³-hybridized carbons (Fsp3) is 0.455. The van der Waals surface area contributed by atoms with E-state index in [1.807, 2.05) is 6.92 Å². The molecule has 0 amide bonds. The Kier molecular flexibility index (Phi) is 6.12. The molecule has 2 aromatic carbocycles. The molecule has 0 bridgehead atoms. The molecule has 3 rings (SSSR count). The zero-order valence-corrected chi connectivity index (χ0v) is 15.9. The average molecular weight is 375 g/mol. The van der Waals surface area contributed by atoms with Crippen molar-refractivity contribution in [2.24, 2.45) is 5.92 Å². The van der Waals surface area contributed by atoms with Crippen molar-refractivity contribution < 1.29 is 18.6 Å². The molecule has 0 spiro atoms. The van der Waals surface area contributed by atoms with Crippen molar-refractivity contribution in [1.82, 2.24) is 4.90 Å². The van der Waals surface area contributed by atoms with Crippen LogP contribution < -0.4 is 4.74 Å². The molecule has 27 heavy (non-hydrogen) atoms. The Morgan fingerprint density at radius 1 is 1.11 bits per heavy atom. The minimum Gasteiger partial charge on any atom is -0.454 e. The Labute approximate surface area is 159 Å². The molecule has 1 aliphatic heterocycles. The molecule has 2 aromatic rings. The third kappa shape index (κ3) is 5.27. The normalized spacial score (nSPS) is 18.3. The zero-order valence-electron chi connectivity index (χ0n) is 15.9. The predicted molar refractivity (Wildman–Crippen MR) is 102 cm³/mol. The summed E-state index contributed by atoms with van der Waals surface area (Å²) in [7, 11) is 0. The Bertz CT molecular complexity index is 753. The minimum atomic E-state index is -0.942. The lowest BCUT2D eigenvalue weighted by atomic mass is 9.91. The number of piperidine rings is 1. The number of likely N-dealkylation sites (tertiary alicyclic amines) is 1. The van der Waals surface area contributed by atoms with Gasteiger partial charge in [-0.3, -0.25) is 0 Å². The topological polar surface area (TPSA) is 32.7 Å². The standard InChI is InChI=1S/C22H27F2NO2/c1-16-9-12-25(13-10-16)14-11-22(2,26)17-3-6-19(7-4-17)27-21-8-5-18(23)15-20(21)24/h3-8,15-16,26H,9-14H2,1-2H3. The van der Waals surface area contributed by atoms with Crippen molar-refractivity contribution in [2.45, 2.75) is 38.7 Å². The summed E-state index contributed by atoms with van der Waals surface area (Å²) in [6.45, 7) is 7.14. The third-order valence-corrected chi connectivity index (χ3v) is 5.39. The first-order valence-electron chi connectivity index (χ1n) is 9.52. The van der Waals surface area contributed by atoms with Crippen LogP contribution in [0.5, 0.6) is 11.5 Å². The average Bonchev–Trinajstić information content (AvgIpc) is 2.64. The van der Waals surface area contributed by atoms with Crippen molar-refractivity contribution >= 4 is 0 Å². The van der Waals surface area contributed by atoms with Crippen molar-refractivity contribution in [3.63, 3.8) is 0 Å². The first-order valence-corrected chi connectivity index (χ1v) is 9.52. The molecule has 1 N–H and O–H groups in total. The van der Waals surface area contributed by atoms with Crippen LogP contribution in [0.25, 0.3) is 0 Å². The van der Waals surface area contributed by atoms with Gasteiger partial charge in [-0.05, 0) is 75.0 Å². The van der Waals surface area contributed by atoms with Crippen LogP contribution in [0, 0.1) is 17.6 Å². The van der Waals surface area contributed by atoms with Crippen molar-refractivity contribution in [2.75, 3.05) is 19.6 Å². The highest BCUT2D eigenvalue weighted by Gasteiger charge is 2.25. The first kappa shape index (κ1) is 19.8. The zero-order chi connectivity index (χ0) is 19.4. The lowest BCUT2D eigenvalue weighted by molar-refractivity contribution is 0.0319. The summed E-state index contributed by atoms with van der Waals surface area (Å²) < 4.78 is 32.1. The largest absolute Gasteiger partial charge is 0.454 e. The molecular formula is C22H27F2NO2. The number of hydrogen-bond donors (Lipinski definition) is 1. The van der Waals surface area contributed by atoms with E-state index in [4.69, 9.17) is 4.74 Å². The fourth-order valence-corrected chi connectivity index (χ4v) is 3.37. The number of ether oxygens (including phenoxy) is 1. The van der Waals surface area contributed by atoms with Crippen molar-refractivity contribution in [1.29, 1.82) is 0 Å². The maximum atomic E-state index is 13.7. The van der Waals surface area contributed by atoms with E-state index >= 15 is 0 Å². The summed E-state index contributed by atoms with van der Waals surface area (Å²) in [4.78, 5) is 2.41. The van der Waals surface area contributed by atoms with Gasteiger partial charge in [-0.1, -0.05) is 19.1 Å². The maximum absolute atomic E-state index is 13.7. The van der Waals surface area contributed by atoms with Crippen molar-refractivity contribution in [3.05, 3.63) is 59.7 Å². The molecule has 0 saturated carbocycles. The molecule has 1 heterocycles. The van der Waals surface area contributed by atoms with E-state index < -0.39 is 17.2 Å². The summed E-state index contributed by atoms with van der Waals surface area (Å²) in [6, 6.07) is 10.2. The molecular weight excluding hydrogens is 348 g/mol. The van der Waals surface area contributed by atoms with E-state index in [-0.39, 0.29) is 5.75 Å². The number of aliphatic hydroxyl groups is 1. The lowest BCUT2D eigenvalue weighted by Crippen LogP contribution is -2.36. The van der Waals surface area contributed by atoms with Gasteiger partial charge >= 0.3 is 0 Å². The highest BCUT2D eigenvalue weighted by atomic mass is 19.1. The molecule has 1 unspecified atom stereocenters. The molecule has 3 nitrogen and oxygen atoms in total. The SMILES string of the molecule is CC1CCN(CCC(C)(O)c2ccc(Oc3ccc(F)cc3F)cc2)CC1. The Balaban J connectivity index is 1.59. The van der Waals surface area contributed by atoms with Gasteiger partial charge in [-0.25, -0.2) is 8.78 Å². The molecule has 146 valence electrons. The number of nitrogens with zero attached hydrogens (tertiary/aromatic N) is 1. The van der Waals surface area contributed by atoms with Crippen LogP contribution in [0.1, 0.15) is 38.7 Å². The summed E-state index contributed by atoms with van der Waals surface area (Å²) in [5.74, 6) is -0.197. The summed E-state index contributed by atoms with van der Waals surface area (Å²) >= 11 is 0. The van der Waals surface area contributed by atoms with E-state index in [0.717, 1.165) is 43.2 Å². The summed E-state index contributed by atoms with van der Waals surface area (Å²) in [5.41, 5.74) is -0.150. The van der Waals surface area contributed by atoms with Crippen molar-refractivity contribution in [3.8, 4) is 11.5 Å². The fourth-order valence-electron chi connectivity index (χ4n) is 3.37. The summed E-state index contributed by atoms with van der Waals surface area (Å²) in [6.07, 6.45) is 3.08. The van der Waals surface area contributed by atoms with Gasteiger partial charge in [0.15, 0.2) is 11.6 Å². The highest BCUT2D eigenvalue weighted by Crippen LogP contribution is 2.30. The second-order valence-corrected chi connectivity index (χ2v) is 7.75. The molecule has 0 aromatic heterocycles. The van der Waals surface area contributed by atoms with Crippen LogP contribution in [0.2, 0.25) is 0 Å². The lowest BCUT2D eigenvalue weighted by Gasteiger charge is -2.33. The molecule has 0 aliphatic carbocycles. The first-order chi connectivity index (χ1) is 12.8. The number of halogens is 2.